The van der Waals surface area contributed by atoms with Crippen molar-refractivity contribution in [1.82, 2.24) is 4.98 Å². The lowest BCUT2D eigenvalue weighted by atomic mass is 9.51. The van der Waals surface area contributed by atoms with Crippen LogP contribution in [0.4, 0.5) is 5.82 Å². The standard InChI is InChI=1S/C23H15N3O4/c27-21-19-18-13-7-1-3-9-15(13)23(26(29)30,16-10-4-2-8-14(16)18)20(19)22(28)25(21)17-11-5-6-12-24-17/h1-12,18-20H. The smallest absolute Gasteiger partial charge is 0.274 e. The van der Waals surface area contributed by atoms with Crippen LogP contribution in [0.1, 0.15) is 28.2 Å². The van der Waals surface area contributed by atoms with Crippen molar-refractivity contribution in [3.05, 3.63) is 105 Å². The molecule has 0 saturated carbocycles. The fourth-order valence-corrected chi connectivity index (χ4v) is 5.75. The maximum absolute atomic E-state index is 13.6. The molecular formula is C23H15N3O4. The number of imide groups is 1. The van der Waals surface area contributed by atoms with E-state index in [1.54, 1.807) is 42.5 Å². The van der Waals surface area contributed by atoms with Crippen molar-refractivity contribution in [2.45, 2.75) is 11.5 Å². The van der Waals surface area contributed by atoms with Crippen molar-refractivity contribution < 1.29 is 14.5 Å². The Morgan fingerprint density at radius 3 is 2.03 bits per heavy atom. The molecule has 7 nitrogen and oxygen atoms in total. The summed E-state index contributed by atoms with van der Waals surface area (Å²) in [5.41, 5.74) is 0.701. The molecule has 7 heteroatoms. The molecule has 0 spiro atoms. The zero-order valence-electron chi connectivity index (χ0n) is 15.6. The summed E-state index contributed by atoms with van der Waals surface area (Å²) >= 11 is 0. The van der Waals surface area contributed by atoms with Crippen LogP contribution in [-0.2, 0) is 15.1 Å². The molecule has 146 valence electrons. The van der Waals surface area contributed by atoms with Gasteiger partial charge in [-0.2, -0.15) is 0 Å². The molecular weight excluding hydrogens is 382 g/mol. The molecule has 2 bridgehead atoms. The fraction of sp³-hybridized carbons (Fsp3) is 0.174. The molecule has 2 heterocycles. The molecule has 1 fully saturated rings. The highest BCUT2D eigenvalue weighted by atomic mass is 16.6. The van der Waals surface area contributed by atoms with Gasteiger partial charge in [-0.25, -0.2) is 9.88 Å². The summed E-state index contributed by atoms with van der Waals surface area (Å²) in [6.07, 6.45) is 1.50. The topological polar surface area (TPSA) is 93.4 Å². The van der Waals surface area contributed by atoms with Crippen LogP contribution in [0.25, 0.3) is 0 Å². The number of carbonyl (C=O) groups excluding carboxylic acids is 2. The summed E-state index contributed by atoms with van der Waals surface area (Å²) in [5.74, 6) is -3.15. The quantitative estimate of drug-likeness (QED) is 0.377. The molecule has 4 aliphatic rings. The van der Waals surface area contributed by atoms with Crippen LogP contribution in [0.2, 0.25) is 0 Å². The van der Waals surface area contributed by atoms with E-state index in [9.17, 15) is 19.7 Å². The molecule has 30 heavy (non-hydrogen) atoms. The van der Waals surface area contributed by atoms with Gasteiger partial charge >= 0.3 is 0 Å². The molecule has 2 unspecified atom stereocenters. The maximum Gasteiger partial charge on any atom is 0.285 e. The third kappa shape index (κ3) is 1.74. The van der Waals surface area contributed by atoms with E-state index in [-0.39, 0.29) is 10.7 Å². The Hall–Kier alpha value is -3.87. The van der Waals surface area contributed by atoms with E-state index < -0.39 is 35.1 Å². The number of hydrogen-bond donors (Lipinski definition) is 0. The average molecular weight is 397 g/mol. The summed E-state index contributed by atoms with van der Waals surface area (Å²) in [7, 11) is 0. The van der Waals surface area contributed by atoms with Crippen molar-refractivity contribution in [2.75, 3.05) is 4.90 Å². The molecule has 3 aliphatic carbocycles. The molecule has 2 aromatic carbocycles. The monoisotopic (exact) mass is 397 g/mol. The van der Waals surface area contributed by atoms with Crippen LogP contribution in [-0.4, -0.2) is 21.7 Å². The molecule has 3 aromatic rings. The summed E-state index contributed by atoms with van der Waals surface area (Å²) in [5, 5.41) is 12.8. The van der Waals surface area contributed by atoms with E-state index in [1.165, 1.54) is 6.20 Å². The van der Waals surface area contributed by atoms with Gasteiger partial charge in [0.25, 0.3) is 5.54 Å². The Morgan fingerprint density at radius 1 is 0.867 bits per heavy atom. The van der Waals surface area contributed by atoms with E-state index >= 15 is 0 Å². The summed E-state index contributed by atoms with van der Waals surface area (Å²) < 4.78 is 0. The average Bonchev–Trinajstić information content (AvgIpc) is 3.05. The minimum atomic E-state index is -1.80. The Labute approximate surface area is 171 Å². The predicted molar refractivity (Wildman–Crippen MR) is 106 cm³/mol. The summed E-state index contributed by atoms with van der Waals surface area (Å²) in [4.78, 5) is 44.8. The largest absolute Gasteiger partial charge is 0.285 e. The van der Waals surface area contributed by atoms with Crippen LogP contribution in [0.15, 0.2) is 72.9 Å². The van der Waals surface area contributed by atoms with Crippen LogP contribution in [0.3, 0.4) is 0 Å². The minimum Gasteiger partial charge on any atom is -0.274 e. The zero-order chi connectivity index (χ0) is 20.6. The molecule has 7 rings (SSSR count). The fourth-order valence-electron chi connectivity index (χ4n) is 5.75. The number of rotatable bonds is 2. The van der Waals surface area contributed by atoms with Crippen molar-refractivity contribution in [3.63, 3.8) is 0 Å². The lowest BCUT2D eigenvalue weighted by Crippen LogP contribution is -2.57. The molecule has 2 atom stereocenters. The van der Waals surface area contributed by atoms with E-state index in [1.807, 2.05) is 24.3 Å². The van der Waals surface area contributed by atoms with Crippen LogP contribution < -0.4 is 4.90 Å². The molecule has 2 amide bonds. The number of benzene rings is 2. The third-order valence-electron chi connectivity index (χ3n) is 6.74. The lowest BCUT2D eigenvalue weighted by molar-refractivity contribution is -0.578. The molecule has 1 saturated heterocycles. The SMILES string of the molecule is O=C1C2C3c4ccccc4C([N+](=O)[O-])(c4ccccc43)C2C(=O)N1c1ccccn1. The Bertz CT molecular complexity index is 1210. The predicted octanol–water partition coefficient (Wildman–Crippen LogP) is 2.87. The Kier molecular flexibility index (Phi) is 3.18. The van der Waals surface area contributed by atoms with Gasteiger partial charge in [0.2, 0.25) is 11.8 Å². The van der Waals surface area contributed by atoms with E-state index in [4.69, 9.17) is 0 Å². The van der Waals surface area contributed by atoms with Gasteiger partial charge in [-0.05, 0) is 23.3 Å². The van der Waals surface area contributed by atoms with E-state index in [2.05, 4.69) is 4.98 Å². The minimum absolute atomic E-state index is 0.202. The first-order chi connectivity index (χ1) is 14.6. The second-order valence-corrected chi connectivity index (χ2v) is 7.88. The maximum atomic E-state index is 13.6. The van der Waals surface area contributed by atoms with Crippen molar-refractivity contribution in [1.29, 1.82) is 0 Å². The van der Waals surface area contributed by atoms with Gasteiger partial charge in [0.15, 0.2) is 0 Å². The summed E-state index contributed by atoms with van der Waals surface area (Å²) in [6, 6.07) is 19.2. The second kappa shape index (κ2) is 5.60. The van der Waals surface area contributed by atoms with Crippen LogP contribution in [0, 0.1) is 22.0 Å². The van der Waals surface area contributed by atoms with Gasteiger partial charge < -0.3 is 0 Å². The number of anilines is 1. The van der Waals surface area contributed by atoms with Gasteiger partial charge in [0, 0.05) is 28.2 Å². The van der Waals surface area contributed by atoms with Gasteiger partial charge in [-0.15, -0.1) is 0 Å². The van der Waals surface area contributed by atoms with Gasteiger partial charge in [0.05, 0.1) is 5.92 Å². The van der Waals surface area contributed by atoms with Gasteiger partial charge in [-0.1, -0.05) is 54.6 Å². The summed E-state index contributed by atoms with van der Waals surface area (Å²) in [6.45, 7) is 0. The first-order valence-electron chi connectivity index (χ1n) is 9.70. The van der Waals surface area contributed by atoms with E-state index in [0.717, 1.165) is 16.0 Å². The number of aromatic nitrogens is 1. The van der Waals surface area contributed by atoms with Gasteiger partial charge in [-0.3, -0.25) is 19.7 Å². The Morgan fingerprint density at radius 2 is 1.47 bits per heavy atom. The van der Waals surface area contributed by atoms with Crippen LogP contribution >= 0.6 is 0 Å². The van der Waals surface area contributed by atoms with Crippen LogP contribution in [0.5, 0.6) is 0 Å². The second-order valence-electron chi connectivity index (χ2n) is 7.88. The molecule has 1 aliphatic heterocycles. The number of amides is 2. The highest BCUT2D eigenvalue weighted by Crippen LogP contribution is 2.64. The number of nitro groups is 1. The van der Waals surface area contributed by atoms with Crippen molar-refractivity contribution in [3.8, 4) is 0 Å². The highest BCUT2D eigenvalue weighted by molar-refractivity contribution is 6.23. The first-order valence-corrected chi connectivity index (χ1v) is 9.70. The third-order valence-corrected chi connectivity index (χ3v) is 6.74. The highest BCUT2D eigenvalue weighted by Gasteiger charge is 2.75. The number of nitrogens with zero attached hydrogens (tertiary/aromatic N) is 3. The zero-order valence-corrected chi connectivity index (χ0v) is 15.6. The number of carbonyl (C=O) groups is 2. The lowest BCUT2D eigenvalue weighted by Gasteiger charge is -2.48. The normalized spacial score (nSPS) is 28.1. The number of pyridine rings is 1. The molecule has 0 N–H and O–H groups in total. The molecule has 0 radical (unpaired) electrons. The van der Waals surface area contributed by atoms with Crippen molar-refractivity contribution in [2.24, 2.45) is 11.8 Å². The van der Waals surface area contributed by atoms with Crippen molar-refractivity contribution >= 4 is 17.6 Å². The van der Waals surface area contributed by atoms with E-state index in [0.29, 0.717) is 11.1 Å². The first kappa shape index (κ1) is 17.0. The van der Waals surface area contributed by atoms with Gasteiger partial charge in [0.1, 0.15) is 11.7 Å². The Balaban J connectivity index is 1.70. The molecule has 1 aromatic heterocycles. The number of hydrogen-bond acceptors (Lipinski definition) is 5.